The summed E-state index contributed by atoms with van der Waals surface area (Å²) in [6.07, 6.45) is 1.51. The van der Waals surface area contributed by atoms with Crippen LogP contribution >= 0.6 is 0 Å². The number of urea groups is 1. The summed E-state index contributed by atoms with van der Waals surface area (Å²) < 4.78 is 4.88. The number of amides is 2. The standard InChI is InChI=1S/C15H18N4O2/c20-15(17-14-6-7-16-21-14)19-10-8-18(9-11-19)12-13-4-2-1-3-5-13/h1-7H,8-12H2,(H,17,20). The van der Waals surface area contributed by atoms with Crippen molar-refractivity contribution in [1.29, 1.82) is 0 Å². The molecule has 1 aliphatic rings. The largest absolute Gasteiger partial charge is 0.338 e. The van der Waals surface area contributed by atoms with Crippen LogP contribution < -0.4 is 5.32 Å². The molecule has 0 spiro atoms. The molecular weight excluding hydrogens is 268 g/mol. The molecule has 0 saturated carbocycles. The third-order valence-corrected chi connectivity index (χ3v) is 3.58. The molecule has 1 aliphatic heterocycles. The molecule has 0 aliphatic carbocycles. The molecule has 0 atom stereocenters. The average Bonchev–Trinajstić information content (AvgIpc) is 3.02. The van der Waals surface area contributed by atoms with E-state index in [0.717, 1.165) is 19.6 Å². The van der Waals surface area contributed by atoms with Crippen LogP contribution in [-0.2, 0) is 6.54 Å². The van der Waals surface area contributed by atoms with Gasteiger partial charge in [-0.25, -0.2) is 4.79 Å². The topological polar surface area (TPSA) is 61.6 Å². The highest BCUT2D eigenvalue weighted by Crippen LogP contribution is 2.10. The van der Waals surface area contributed by atoms with Crippen molar-refractivity contribution in [2.45, 2.75) is 6.54 Å². The predicted molar refractivity (Wildman–Crippen MR) is 78.8 cm³/mol. The number of piperazine rings is 1. The van der Waals surface area contributed by atoms with Gasteiger partial charge in [-0.15, -0.1) is 0 Å². The Kier molecular flexibility index (Phi) is 4.16. The molecule has 2 amide bonds. The van der Waals surface area contributed by atoms with Crippen molar-refractivity contribution in [2.24, 2.45) is 0 Å². The van der Waals surface area contributed by atoms with Crippen LogP contribution in [0, 0.1) is 0 Å². The average molecular weight is 286 g/mol. The van der Waals surface area contributed by atoms with Crippen molar-refractivity contribution in [3.63, 3.8) is 0 Å². The van der Waals surface area contributed by atoms with Gasteiger partial charge in [0.15, 0.2) is 0 Å². The molecule has 110 valence electrons. The minimum absolute atomic E-state index is 0.133. The number of hydrogen-bond donors (Lipinski definition) is 1. The van der Waals surface area contributed by atoms with Gasteiger partial charge in [0.25, 0.3) is 0 Å². The maximum absolute atomic E-state index is 12.0. The van der Waals surface area contributed by atoms with E-state index in [1.165, 1.54) is 11.8 Å². The smallest absolute Gasteiger partial charge is 0.324 e. The highest BCUT2D eigenvalue weighted by molar-refractivity contribution is 5.87. The molecule has 21 heavy (non-hydrogen) atoms. The second kappa shape index (κ2) is 6.41. The van der Waals surface area contributed by atoms with Crippen molar-refractivity contribution in [3.05, 3.63) is 48.2 Å². The fourth-order valence-electron chi connectivity index (χ4n) is 2.42. The molecule has 0 radical (unpaired) electrons. The van der Waals surface area contributed by atoms with Gasteiger partial charge in [0, 0.05) is 38.8 Å². The molecule has 1 N–H and O–H groups in total. The van der Waals surface area contributed by atoms with Crippen LogP contribution in [0.15, 0.2) is 47.1 Å². The SMILES string of the molecule is O=C(Nc1ccno1)N1CCN(Cc2ccccc2)CC1. The summed E-state index contributed by atoms with van der Waals surface area (Å²) in [4.78, 5) is 16.2. The minimum Gasteiger partial charge on any atom is -0.338 e. The lowest BCUT2D eigenvalue weighted by Gasteiger charge is -2.34. The zero-order valence-corrected chi connectivity index (χ0v) is 11.7. The number of nitrogens with zero attached hydrogens (tertiary/aromatic N) is 3. The molecule has 3 rings (SSSR count). The lowest BCUT2D eigenvalue weighted by Crippen LogP contribution is -2.49. The van der Waals surface area contributed by atoms with Gasteiger partial charge in [0.1, 0.15) is 0 Å². The van der Waals surface area contributed by atoms with E-state index in [1.807, 2.05) is 6.07 Å². The maximum atomic E-state index is 12.0. The summed E-state index contributed by atoms with van der Waals surface area (Å²) >= 11 is 0. The Hall–Kier alpha value is -2.34. The molecule has 6 nitrogen and oxygen atoms in total. The van der Waals surface area contributed by atoms with E-state index < -0.39 is 0 Å². The number of carbonyl (C=O) groups is 1. The zero-order chi connectivity index (χ0) is 14.5. The fraction of sp³-hybridized carbons (Fsp3) is 0.333. The van der Waals surface area contributed by atoms with Gasteiger partial charge >= 0.3 is 6.03 Å². The first-order chi connectivity index (χ1) is 10.3. The number of nitrogens with one attached hydrogen (secondary N) is 1. The fourth-order valence-corrected chi connectivity index (χ4v) is 2.42. The van der Waals surface area contributed by atoms with E-state index in [4.69, 9.17) is 4.52 Å². The Morgan fingerprint density at radius 1 is 1.14 bits per heavy atom. The molecule has 2 heterocycles. The molecule has 6 heteroatoms. The molecule has 0 bridgehead atoms. The monoisotopic (exact) mass is 286 g/mol. The number of aromatic nitrogens is 1. The van der Waals surface area contributed by atoms with E-state index in [2.05, 4.69) is 39.6 Å². The van der Waals surface area contributed by atoms with Gasteiger partial charge in [-0.2, -0.15) is 0 Å². The first-order valence-electron chi connectivity index (χ1n) is 7.04. The zero-order valence-electron chi connectivity index (χ0n) is 11.7. The van der Waals surface area contributed by atoms with E-state index in [1.54, 1.807) is 11.0 Å². The Labute approximate surface area is 123 Å². The molecule has 0 unspecified atom stereocenters. The van der Waals surface area contributed by atoms with Crippen LogP contribution in [0.5, 0.6) is 0 Å². The Morgan fingerprint density at radius 2 is 1.90 bits per heavy atom. The molecule has 1 fully saturated rings. The van der Waals surface area contributed by atoms with Gasteiger partial charge in [0.05, 0.1) is 6.20 Å². The summed E-state index contributed by atoms with van der Waals surface area (Å²) in [6.45, 7) is 4.11. The molecule has 1 saturated heterocycles. The number of benzene rings is 1. The van der Waals surface area contributed by atoms with E-state index in [-0.39, 0.29) is 6.03 Å². The van der Waals surface area contributed by atoms with Gasteiger partial charge in [0.2, 0.25) is 5.88 Å². The second-order valence-corrected chi connectivity index (χ2v) is 5.06. The number of hydrogen-bond acceptors (Lipinski definition) is 4. The van der Waals surface area contributed by atoms with Crippen LogP contribution in [0.2, 0.25) is 0 Å². The Morgan fingerprint density at radius 3 is 2.57 bits per heavy atom. The third-order valence-electron chi connectivity index (χ3n) is 3.58. The first kappa shape index (κ1) is 13.6. The van der Waals surface area contributed by atoms with Crippen molar-refractivity contribution in [1.82, 2.24) is 15.0 Å². The molecule has 2 aromatic rings. The first-order valence-corrected chi connectivity index (χ1v) is 7.04. The number of carbonyl (C=O) groups excluding carboxylic acids is 1. The number of rotatable bonds is 3. The van der Waals surface area contributed by atoms with Crippen molar-refractivity contribution in [2.75, 3.05) is 31.5 Å². The maximum Gasteiger partial charge on any atom is 0.324 e. The quantitative estimate of drug-likeness (QED) is 0.937. The van der Waals surface area contributed by atoms with Gasteiger partial charge in [-0.3, -0.25) is 10.2 Å². The number of anilines is 1. The van der Waals surface area contributed by atoms with Crippen LogP contribution in [0.3, 0.4) is 0 Å². The van der Waals surface area contributed by atoms with Gasteiger partial charge in [-0.05, 0) is 5.56 Å². The minimum atomic E-state index is -0.133. The van der Waals surface area contributed by atoms with E-state index in [9.17, 15) is 4.79 Å². The van der Waals surface area contributed by atoms with Crippen LogP contribution in [0.1, 0.15) is 5.56 Å². The Balaban J connectivity index is 1.47. The van der Waals surface area contributed by atoms with Crippen LogP contribution in [-0.4, -0.2) is 47.2 Å². The normalized spacial score (nSPS) is 15.9. The van der Waals surface area contributed by atoms with Crippen molar-refractivity contribution in [3.8, 4) is 0 Å². The van der Waals surface area contributed by atoms with Crippen LogP contribution in [0.4, 0.5) is 10.7 Å². The predicted octanol–water partition coefficient (Wildman–Crippen LogP) is 2.02. The van der Waals surface area contributed by atoms with Crippen molar-refractivity contribution >= 4 is 11.9 Å². The molecule has 1 aromatic carbocycles. The van der Waals surface area contributed by atoms with Gasteiger partial charge in [-0.1, -0.05) is 35.5 Å². The third kappa shape index (κ3) is 3.61. The second-order valence-electron chi connectivity index (χ2n) is 5.06. The summed E-state index contributed by atoms with van der Waals surface area (Å²) in [6, 6.07) is 11.9. The van der Waals surface area contributed by atoms with Crippen molar-refractivity contribution < 1.29 is 9.32 Å². The summed E-state index contributed by atoms with van der Waals surface area (Å²) in [5.74, 6) is 0.381. The van der Waals surface area contributed by atoms with Crippen LogP contribution in [0.25, 0.3) is 0 Å². The summed E-state index contributed by atoms with van der Waals surface area (Å²) in [5, 5.41) is 6.26. The highest BCUT2D eigenvalue weighted by atomic mass is 16.5. The van der Waals surface area contributed by atoms with Gasteiger partial charge < -0.3 is 9.42 Å². The molecule has 1 aromatic heterocycles. The Bertz CT molecular complexity index is 563. The summed E-state index contributed by atoms with van der Waals surface area (Å²) in [5.41, 5.74) is 1.30. The lowest BCUT2D eigenvalue weighted by molar-refractivity contribution is 0.142. The van der Waals surface area contributed by atoms with E-state index >= 15 is 0 Å². The summed E-state index contributed by atoms with van der Waals surface area (Å²) in [7, 11) is 0. The van der Waals surface area contributed by atoms with E-state index in [0.29, 0.717) is 19.0 Å². The molecular formula is C15H18N4O2. The lowest BCUT2D eigenvalue weighted by atomic mass is 10.2. The highest BCUT2D eigenvalue weighted by Gasteiger charge is 2.21.